The number of nitro benzene ring substituents is 1. The van der Waals surface area contributed by atoms with Crippen LogP contribution in [0.2, 0.25) is 0 Å². The predicted octanol–water partition coefficient (Wildman–Crippen LogP) is 3.60. The molecule has 5 nitrogen and oxygen atoms in total. The molecule has 0 aliphatic carbocycles. The molecule has 0 saturated carbocycles. The standard InChI is InChI=1S/C15H10FNO4/c16-12-6-2-10(3-7-12)1-4-11-5-8-13(17(20)21)9-14(11)15(18)19/h1-9H,(H,18,19). The molecule has 0 aliphatic heterocycles. The van der Waals surface area contributed by atoms with Gasteiger partial charge < -0.3 is 5.11 Å². The van der Waals surface area contributed by atoms with Crippen LogP contribution in [0.3, 0.4) is 0 Å². The Labute approximate surface area is 119 Å². The van der Waals surface area contributed by atoms with Gasteiger partial charge >= 0.3 is 5.97 Å². The van der Waals surface area contributed by atoms with Crippen LogP contribution in [-0.2, 0) is 0 Å². The van der Waals surface area contributed by atoms with Crippen molar-refractivity contribution >= 4 is 23.8 Å². The van der Waals surface area contributed by atoms with E-state index in [2.05, 4.69) is 0 Å². The smallest absolute Gasteiger partial charge is 0.336 e. The van der Waals surface area contributed by atoms with Crippen molar-refractivity contribution in [3.8, 4) is 0 Å². The normalized spacial score (nSPS) is 10.7. The lowest BCUT2D eigenvalue weighted by molar-refractivity contribution is -0.384. The first-order chi connectivity index (χ1) is 9.97. The molecule has 0 unspecified atom stereocenters. The van der Waals surface area contributed by atoms with E-state index >= 15 is 0 Å². The Balaban J connectivity index is 2.37. The Kier molecular flexibility index (Phi) is 4.08. The van der Waals surface area contributed by atoms with Crippen molar-refractivity contribution in [3.05, 3.63) is 75.1 Å². The average Bonchev–Trinajstić information content (AvgIpc) is 2.46. The van der Waals surface area contributed by atoms with Crippen molar-refractivity contribution in [3.63, 3.8) is 0 Å². The van der Waals surface area contributed by atoms with Gasteiger partial charge in [-0.1, -0.05) is 24.3 Å². The van der Waals surface area contributed by atoms with Crippen LogP contribution in [0.5, 0.6) is 0 Å². The zero-order valence-electron chi connectivity index (χ0n) is 10.7. The number of nitrogens with zero attached hydrogens (tertiary/aromatic N) is 1. The van der Waals surface area contributed by atoms with Crippen LogP contribution >= 0.6 is 0 Å². The molecule has 0 aliphatic rings. The summed E-state index contributed by atoms with van der Waals surface area (Å²) in [5, 5.41) is 19.8. The topological polar surface area (TPSA) is 80.4 Å². The zero-order chi connectivity index (χ0) is 15.4. The highest BCUT2D eigenvalue weighted by Gasteiger charge is 2.14. The van der Waals surface area contributed by atoms with Crippen molar-refractivity contribution in [2.24, 2.45) is 0 Å². The number of carboxylic acid groups (broad SMARTS) is 1. The number of benzene rings is 2. The molecule has 1 N–H and O–H groups in total. The van der Waals surface area contributed by atoms with Gasteiger partial charge in [0.2, 0.25) is 0 Å². The summed E-state index contributed by atoms with van der Waals surface area (Å²) in [5.74, 6) is -1.62. The number of rotatable bonds is 4. The molecule has 106 valence electrons. The lowest BCUT2D eigenvalue weighted by Gasteiger charge is -2.01. The molecule has 21 heavy (non-hydrogen) atoms. The molecule has 0 spiro atoms. The number of nitro groups is 1. The summed E-state index contributed by atoms with van der Waals surface area (Å²) < 4.78 is 12.8. The first kappa shape index (κ1) is 14.4. The van der Waals surface area contributed by atoms with Crippen molar-refractivity contribution in [2.45, 2.75) is 0 Å². The van der Waals surface area contributed by atoms with Gasteiger partial charge in [-0.15, -0.1) is 0 Å². The predicted molar refractivity (Wildman–Crippen MR) is 75.4 cm³/mol. The Hall–Kier alpha value is -3.02. The van der Waals surface area contributed by atoms with Gasteiger partial charge in [0, 0.05) is 12.1 Å². The van der Waals surface area contributed by atoms with Crippen molar-refractivity contribution in [1.82, 2.24) is 0 Å². The maximum absolute atomic E-state index is 12.8. The molecule has 0 atom stereocenters. The van der Waals surface area contributed by atoms with Crippen LogP contribution in [0.25, 0.3) is 12.2 Å². The van der Waals surface area contributed by atoms with E-state index in [1.54, 1.807) is 6.08 Å². The molecule has 6 heteroatoms. The Bertz CT molecular complexity index is 723. The first-order valence-corrected chi connectivity index (χ1v) is 5.93. The fourth-order valence-electron chi connectivity index (χ4n) is 1.75. The molecule has 0 fully saturated rings. The molecule has 2 aromatic carbocycles. The van der Waals surface area contributed by atoms with E-state index in [4.69, 9.17) is 5.11 Å². The van der Waals surface area contributed by atoms with E-state index in [1.807, 2.05) is 0 Å². The molecule has 2 aromatic rings. The van der Waals surface area contributed by atoms with E-state index < -0.39 is 10.9 Å². The third kappa shape index (κ3) is 3.50. The van der Waals surface area contributed by atoms with Crippen LogP contribution in [0, 0.1) is 15.9 Å². The number of halogens is 1. The van der Waals surface area contributed by atoms with Crippen LogP contribution < -0.4 is 0 Å². The van der Waals surface area contributed by atoms with Crippen LogP contribution in [0.15, 0.2) is 42.5 Å². The minimum Gasteiger partial charge on any atom is -0.478 e. The van der Waals surface area contributed by atoms with Gasteiger partial charge in [0.05, 0.1) is 10.5 Å². The molecule has 0 heterocycles. The molecule has 0 amide bonds. The average molecular weight is 287 g/mol. The first-order valence-electron chi connectivity index (χ1n) is 5.93. The van der Waals surface area contributed by atoms with Crippen LogP contribution in [0.4, 0.5) is 10.1 Å². The van der Waals surface area contributed by atoms with E-state index in [0.717, 1.165) is 6.07 Å². The summed E-state index contributed by atoms with van der Waals surface area (Å²) in [7, 11) is 0. The van der Waals surface area contributed by atoms with Gasteiger partial charge in [0.25, 0.3) is 5.69 Å². The SMILES string of the molecule is O=C(O)c1cc([N+](=O)[O-])ccc1C=Cc1ccc(F)cc1. The van der Waals surface area contributed by atoms with Gasteiger partial charge in [-0.3, -0.25) is 10.1 Å². The minimum absolute atomic E-state index is 0.164. The number of carboxylic acids is 1. The van der Waals surface area contributed by atoms with E-state index in [9.17, 15) is 19.3 Å². The van der Waals surface area contributed by atoms with Crippen LogP contribution in [0.1, 0.15) is 21.5 Å². The molecular weight excluding hydrogens is 277 g/mol. The van der Waals surface area contributed by atoms with Gasteiger partial charge in [0.15, 0.2) is 0 Å². The monoisotopic (exact) mass is 287 g/mol. The molecule has 0 aromatic heterocycles. The number of non-ortho nitro benzene ring substituents is 1. The van der Waals surface area contributed by atoms with Gasteiger partial charge in [-0.25, -0.2) is 9.18 Å². The fourth-order valence-corrected chi connectivity index (χ4v) is 1.75. The molecule has 0 bridgehead atoms. The summed E-state index contributed by atoms with van der Waals surface area (Å²) >= 11 is 0. The van der Waals surface area contributed by atoms with E-state index in [1.165, 1.54) is 42.5 Å². The summed E-state index contributed by atoms with van der Waals surface area (Å²) in [5.41, 5.74) is 0.567. The van der Waals surface area contributed by atoms with Gasteiger partial charge in [-0.2, -0.15) is 0 Å². The van der Waals surface area contributed by atoms with Crippen molar-refractivity contribution in [1.29, 1.82) is 0 Å². The summed E-state index contributed by atoms with van der Waals surface area (Å²) in [6.07, 6.45) is 3.12. The Morgan fingerprint density at radius 3 is 2.38 bits per heavy atom. The Morgan fingerprint density at radius 2 is 1.81 bits per heavy atom. The second-order valence-electron chi connectivity index (χ2n) is 4.22. The second kappa shape index (κ2) is 5.96. The highest BCUT2D eigenvalue weighted by Crippen LogP contribution is 2.20. The van der Waals surface area contributed by atoms with Crippen LogP contribution in [-0.4, -0.2) is 16.0 Å². The molecule has 0 saturated heterocycles. The lowest BCUT2D eigenvalue weighted by Crippen LogP contribution is -2.01. The van der Waals surface area contributed by atoms with Gasteiger partial charge in [-0.05, 0) is 29.3 Å². The van der Waals surface area contributed by atoms with Gasteiger partial charge in [0.1, 0.15) is 5.82 Å². The molecule has 0 radical (unpaired) electrons. The highest BCUT2D eigenvalue weighted by atomic mass is 19.1. The number of hydrogen-bond acceptors (Lipinski definition) is 3. The number of hydrogen-bond donors (Lipinski definition) is 1. The molecular formula is C15H10FNO4. The van der Waals surface area contributed by atoms with Crippen molar-refractivity contribution < 1.29 is 19.2 Å². The largest absolute Gasteiger partial charge is 0.478 e. The fraction of sp³-hybridized carbons (Fsp3) is 0. The third-order valence-electron chi connectivity index (χ3n) is 2.80. The summed E-state index contributed by atoms with van der Waals surface area (Å²) in [6, 6.07) is 9.25. The number of aromatic carboxylic acids is 1. The zero-order valence-corrected chi connectivity index (χ0v) is 10.7. The Morgan fingerprint density at radius 1 is 1.14 bits per heavy atom. The maximum Gasteiger partial charge on any atom is 0.336 e. The van der Waals surface area contributed by atoms with E-state index in [0.29, 0.717) is 11.1 Å². The quantitative estimate of drug-likeness (QED) is 0.529. The van der Waals surface area contributed by atoms with E-state index in [-0.39, 0.29) is 17.1 Å². The lowest BCUT2D eigenvalue weighted by atomic mass is 10.0. The highest BCUT2D eigenvalue weighted by molar-refractivity contribution is 5.94. The number of carbonyl (C=O) groups is 1. The summed E-state index contributed by atoms with van der Waals surface area (Å²) in [6.45, 7) is 0. The maximum atomic E-state index is 12.8. The van der Waals surface area contributed by atoms with Crippen molar-refractivity contribution in [2.75, 3.05) is 0 Å². The second-order valence-corrected chi connectivity index (χ2v) is 4.22. The molecule has 2 rings (SSSR count). The third-order valence-corrected chi connectivity index (χ3v) is 2.80. The summed E-state index contributed by atoms with van der Waals surface area (Å²) in [4.78, 5) is 21.2. The minimum atomic E-state index is -1.25.